The number of nitrogens with two attached hydrogens (primary N) is 1. The van der Waals surface area contributed by atoms with Crippen LogP contribution in [0.25, 0.3) is 0 Å². The number of likely N-dealkylation sites (tertiary alicyclic amines) is 1. The second-order valence-electron chi connectivity index (χ2n) is 3.48. The van der Waals surface area contributed by atoms with E-state index in [1.165, 1.54) is 32.4 Å². The molecule has 0 aromatic heterocycles. The van der Waals surface area contributed by atoms with E-state index in [9.17, 15) is 0 Å². The number of hydrogen-bond acceptors (Lipinski definition) is 2. The molecule has 0 unspecified atom stereocenters. The maximum absolute atomic E-state index is 5.73. The third-order valence-corrected chi connectivity index (χ3v) is 2.23. The first kappa shape index (κ1) is 7.10. The Hall–Kier alpha value is -0.570. The minimum atomic E-state index is 0.580. The summed E-state index contributed by atoms with van der Waals surface area (Å²) >= 11 is 0. The smallest absolute Gasteiger partial charge is 0.108 e. The van der Waals surface area contributed by atoms with Crippen LogP contribution in [-0.4, -0.2) is 36.4 Å². The van der Waals surface area contributed by atoms with Crippen molar-refractivity contribution in [2.45, 2.75) is 25.3 Å². The summed E-state index contributed by atoms with van der Waals surface area (Å²) < 4.78 is 0. The second kappa shape index (κ2) is 2.81. The Bertz CT molecular complexity index is 168. The maximum Gasteiger partial charge on any atom is 0.108 e. The molecule has 1 saturated carbocycles. The van der Waals surface area contributed by atoms with Gasteiger partial charge in [-0.3, -0.25) is 9.89 Å². The predicted molar refractivity (Wildman–Crippen MR) is 45.7 cm³/mol. The lowest BCUT2D eigenvalue weighted by atomic mass is 10.2. The van der Waals surface area contributed by atoms with E-state index in [2.05, 4.69) is 9.89 Å². The molecule has 0 spiro atoms. The molecule has 1 aliphatic heterocycles. The minimum absolute atomic E-state index is 0.580. The highest BCUT2D eigenvalue weighted by atomic mass is 15.2. The standard InChI is InChI=1S/C8H15N3/c9-8(10-7-2-3-7)6-11-4-1-5-11/h7H,1-6H2,(H2,9,10). The van der Waals surface area contributed by atoms with E-state index in [1.807, 2.05) is 0 Å². The Morgan fingerprint density at radius 3 is 2.64 bits per heavy atom. The molecular weight excluding hydrogens is 138 g/mol. The third kappa shape index (κ3) is 1.93. The molecule has 2 aliphatic rings. The number of amidine groups is 1. The molecule has 2 fully saturated rings. The van der Waals surface area contributed by atoms with Crippen molar-refractivity contribution in [2.75, 3.05) is 19.6 Å². The molecule has 3 heteroatoms. The van der Waals surface area contributed by atoms with Crippen LogP contribution in [0.15, 0.2) is 4.99 Å². The van der Waals surface area contributed by atoms with Crippen LogP contribution >= 0.6 is 0 Å². The largest absolute Gasteiger partial charge is 0.386 e. The molecule has 1 heterocycles. The van der Waals surface area contributed by atoms with Crippen LogP contribution in [0.4, 0.5) is 0 Å². The molecule has 3 nitrogen and oxygen atoms in total. The Labute approximate surface area is 67.3 Å². The summed E-state index contributed by atoms with van der Waals surface area (Å²) in [6, 6.07) is 0.580. The number of aliphatic imine (C=N–C) groups is 1. The number of hydrogen-bond donors (Lipinski definition) is 1. The van der Waals surface area contributed by atoms with Crippen molar-refractivity contribution in [1.29, 1.82) is 0 Å². The second-order valence-corrected chi connectivity index (χ2v) is 3.48. The highest BCUT2D eigenvalue weighted by Gasteiger charge is 2.21. The van der Waals surface area contributed by atoms with Crippen molar-refractivity contribution in [1.82, 2.24) is 4.90 Å². The molecular formula is C8H15N3. The first-order valence-electron chi connectivity index (χ1n) is 4.39. The van der Waals surface area contributed by atoms with Crippen molar-refractivity contribution in [3.05, 3.63) is 0 Å². The van der Waals surface area contributed by atoms with E-state index in [0.29, 0.717) is 6.04 Å². The van der Waals surface area contributed by atoms with Crippen molar-refractivity contribution >= 4 is 5.84 Å². The van der Waals surface area contributed by atoms with Crippen molar-refractivity contribution < 1.29 is 0 Å². The van der Waals surface area contributed by atoms with E-state index >= 15 is 0 Å². The molecule has 0 aromatic carbocycles. The van der Waals surface area contributed by atoms with Crippen LogP contribution in [0.1, 0.15) is 19.3 Å². The average Bonchev–Trinajstić information content (AvgIpc) is 2.62. The summed E-state index contributed by atoms with van der Waals surface area (Å²) in [4.78, 5) is 6.70. The molecule has 62 valence electrons. The molecule has 2 rings (SSSR count). The first-order valence-corrected chi connectivity index (χ1v) is 4.39. The summed E-state index contributed by atoms with van der Waals surface area (Å²) in [5.74, 6) is 0.840. The SMILES string of the molecule is NC(CN1CCC1)=NC1CC1. The van der Waals surface area contributed by atoms with E-state index < -0.39 is 0 Å². The topological polar surface area (TPSA) is 41.6 Å². The lowest BCUT2D eigenvalue weighted by molar-refractivity contribution is 0.209. The van der Waals surface area contributed by atoms with Crippen LogP contribution in [0.3, 0.4) is 0 Å². The van der Waals surface area contributed by atoms with Crippen LogP contribution in [0, 0.1) is 0 Å². The van der Waals surface area contributed by atoms with Crippen LogP contribution < -0.4 is 5.73 Å². The lowest BCUT2D eigenvalue weighted by Crippen LogP contribution is -2.43. The lowest BCUT2D eigenvalue weighted by Gasteiger charge is -2.30. The first-order chi connectivity index (χ1) is 5.34. The van der Waals surface area contributed by atoms with Gasteiger partial charge in [0.15, 0.2) is 0 Å². The molecule has 1 saturated heterocycles. The van der Waals surface area contributed by atoms with Gasteiger partial charge in [-0.15, -0.1) is 0 Å². The molecule has 11 heavy (non-hydrogen) atoms. The monoisotopic (exact) mass is 153 g/mol. The van der Waals surface area contributed by atoms with Gasteiger partial charge in [0.05, 0.1) is 12.6 Å². The molecule has 0 bridgehead atoms. The number of nitrogens with zero attached hydrogens (tertiary/aromatic N) is 2. The van der Waals surface area contributed by atoms with E-state index in [-0.39, 0.29) is 0 Å². The van der Waals surface area contributed by atoms with E-state index in [4.69, 9.17) is 5.73 Å². The molecule has 0 radical (unpaired) electrons. The normalized spacial score (nSPS) is 26.7. The van der Waals surface area contributed by atoms with Crippen LogP contribution in [0.5, 0.6) is 0 Å². The molecule has 2 N–H and O–H groups in total. The summed E-state index contributed by atoms with van der Waals surface area (Å²) in [6.45, 7) is 3.32. The minimum Gasteiger partial charge on any atom is -0.386 e. The predicted octanol–water partition coefficient (Wildman–Crippen LogP) is 0.212. The highest BCUT2D eigenvalue weighted by Crippen LogP contribution is 2.23. The Morgan fingerprint density at radius 1 is 1.45 bits per heavy atom. The van der Waals surface area contributed by atoms with Crippen LogP contribution in [0.2, 0.25) is 0 Å². The third-order valence-electron chi connectivity index (χ3n) is 2.23. The van der Waals surface area contributed by atoms with E-state index in [1.54, 1.807) is 0 Å². The van der Waals surface area contributed by atoms with Crippen molar-refractivity contribution in [3.8, 4) is 0 Å². The summed E-state index contributed by atoms with van der Waals surface area (Å²) in [5, 5.41) is 0. The summed E-state index contributed by atoms with van der Waals surface area (Å²) in [7, 11) is 0. The van der Waals surface area contributed by atoms with Gasteiger partial charge in [0, 0.05) is 0 Å². The number of rotatable bonds is 3. The molecule has 1 aliphatic carbocycles. The maximum atomic E-state index is 5.73. The van der Waals surface area contributed by atoms with Gasteiger partial charge in [0.25, 0.3) is 0 Å². The zero-order valence-corrected chi connectivity index (χ0v) is 6.79. The zero-order valence-electron chi connectivity index (χ0n) is 6.79. The summed E-state index contributed by atoms with van der Waals surface area (Å²) in [6.07, 6.45) is 3.83. The molecule has 0 aromatic rings. The van der Waals surface area contributed by atoms with Gasteiger partial charge in [-0.1, -0.05) is 0 Å². The van der Waals surface area contributed by atoms with Gasteiger partial charge in [-0.05, 0) is 32.4 Å². The zero-order chi connectivity index (χ0) is 7.68. The Balaban J connectivity index is 1.74. The summed E-state index contributed by atoms with van der Waals surface area (Å²) in [5.41, 5.74) is 5.73. The van der Waals surface area contributed by atoms with Gasteiger partial charge in [0.1, 0.15) is 5.84 Å². The Kier molecular flexibility index (Phi) is 1.82. The fraction of sp³-hybridized carbons (Fsp3) is 0.875. The Morgan fingerprint density at radius 2 is 2.18 bits per heavy atom. The molecule has 0 amide bonds. The van der Waals surface area contributed by atoms with Gasteiger partial charge in [0.2, 0.25) is 0 Å². The fourth-order valence-electron chi connectivity index (χ4n) is 1.25. The highest BCUT2D eigenvalue weighted by molar-refractivity contribution is 5.82. The van der Waals surface area contributed by atoms with Crippen LogP contribution in [-0.2, 0) is 0 Å². The van der Waals surface area contributed by atoms with Crippen molar-refractivity contribution in [3.63, 3.8) is 0 Å². The average molecular weight is 153 g/mol. The quantitative estimate of drug-likeness (QED) is 0.465. The van der Waals surface area contributed by atoms with Crippen molar-refractivity contribution in [2.24, 2.45) is 10.7 Å². The molecule has 0 atom stereocenters. The van der Waals surface area contributed by atoms with Gasteiger partial charge in [-0.2, -0.15) is 0 Å². The van der Waals surface area contributed by atoms with Gasteiger partial charge >= 0.3 is 0 Å². The van der Waals surface area contributed by atoms with Gasteiger partial charge < -0.3 is 5.73 Å². The fourth-order valence-corrected chi connectivity index (χ4v) is 1.25. The van der Waals surface area contributed by atoms with Gasteiger partial charge in [-0.25, -0.2) is 0 Å². The van der Waals surface area contributed by atoms with E-state index in [0.717, 1.165) is 12.4 Å².